The number of hydrogen-bond donors (Lipinski definition) is 1. The number of aliphatic hydroxyl groups is 1. The van der Waals surface area contributed by atoms with Gasteiger partial charge in [-0.25, -0.2) is 4.79 Å². The van der Waals surface area contributed by atoms with Gasteiger partial charge in [0.05, 0.1) is 12.2 Å². The van der Waals surface area contributed by atoms with Gasteiger partial charge in [0.15, 0.2) is 0 Å². The maximum Gasteiger partial charge on any atom is 0.338 e. The van der Waals surface area contributed by atoms with E-state index in [0.29, 0.717) is 24.7 Å². The highest BCUT2D eigenvalue weighted by Gasteiger charge is 2.42. The van der Waals surface area contributed by atoms with Crippen LogP contribution in [-0.2, 0) is 9.47 Å². The van der Waals surface area contributed by atoms with Crippen molar-refractivity contribution in [2.24, 2.45) is 0 Å². The lowest BCUT2D eigenvalue weighted by molar-refractivity contribution is -0.176. The van der Waals surface area contributed by atoms with Crippen molar-refractivity contribution in [3.8, 4) is 0 Å². The van der Waals surface area contributed by atoms with Crippen molar-refractivity contribution < 1.29 is 19.4 Å². The van der Waals surface area contributed by atoms with Crippen LogP contribution in [0, 0.1) is 0 Å². The van der Waals surface area contributed by atoms with Crippen molar-refractivity contribution in [1.82, 2.24) is 4.90 Å². The number of hydrogen-bond acceptors (Lipinski definition) is 5. The number of nitrogens with zero attached hydrogens (tertiary/aromatic N) is 1. The predicted molar refractivity (Wildman–Crippen MR) is 95.6 cm³/mol. The van der Waals surface area contributed by atoms with E-state index in [4.69, 9.17) is 17.3 Å². The van der Waals surface area contributed by atoms with Gasteiger partial charge in [0.2, 0.25) is 0 Å². The molecule has 1 aromatic carbocycles. The first-order chi connectivity index (χ1) is 12.1. The molecule has 134 valence electrons. The van der Waals surface area contributed by atoms with Crippen LogP contribution in [0.4, 0.5) is 0 Å². The van der Waals surface area contributed by atoms with Crippen molar-refractivity contribution in [2.45, 2.75) is 49.8 Å². The third-order valence-electron chi connectivity index (χ3n) is 5.16. The zero-order chi connectivity index (χ0) is 17.7. The van der Waals surface area contributed by atoms with Gasteiger partial charge < -0.3 is 14.6 Å². The Hall–Kier alpha value is -1.37. The van der Waals surface area contributed by atoms with Crippen LogP contribution in [-0.4, -0.2) is 67.8 Å². The monoisotopic (exact) mass is 343 g/mol. The van der Waals surface area contributed by atoms with Crippen LogP contribution >= 0.6 is 0 Å². The molecule has 0 aromatic heterocycles. The maximum absolute atomic E-state index is 12.2. The van der Waals surface area contributed by atoms with E-state index in [-0.39, 0.29) is 13.2 Å². The summed E-state index contributed by atoms with van der Waals surface area (Å²) in [6.07, 6.45) is 6.04. The molecule has 5 nitrogen and oxygen atoms in total. The summed E-state index contributed by atoms with van der Waals surface area (Å²) >= 11 is 0. The summed E-state index contributed by atoms with van der Waals surface area (Å²) in [5, 5.41) is 9.96. The SMILES string of the molecule is [B][C@H]1CN(C2CCCCC2)C[C@@](CO)(COC(=O)c2ccccc2)O1. The summed E-state index contributed by atoms with van der Waals surface area (Å²) in [5.74, 6) is -0.416. The number of rotatable bonds is 5. The van der Waals surface area contributed by atoms with E-state index < -0.39 is 17.6 Å². The van der Waals surface area contributed by atoms with Gasteiger partial charge in [0, 0.05) is 25.1 Å². The van der Waals surface area contributed by atoms with E-state index in [1.807, 2.05) is 6.07 Å². The van der Waals surface area contributed by atoms with Crippen LogP contribution in [0.5, 0.6) is 0 Å². The van der Waals surface area contributed by atoms with Crippen LogP contribution in [0.3, 0.4) is 0 Å². The second-order valence-corrected chi connectivity index (χ2v) is 7.16. The van der Waals surface area contributed by atoms with Crippen molar-refractivity contribution in [3.05, 3.63) is 35.9 Å². The number of ether oxygens (including phenoxy) is 2. The Morgan fingerprint density at radius 2 is 2.00 bits per heavy atom. The molecule has 25 heavy (non-hydrogen) atoms. The van der Waals surface area contributed by atoms with Gasteiger partial charge in [-0.3, -0.25) is 4.90 Å². The molecule has 1 saturated carbocycles. The molecule has 1 heterocycles. The second kappa shape index (κ2) is 8.34. The van der Waals surface area contributed by atoms with Gasteiger partial charge in [0.25, 0.3) is 0 Å². The number of esters is 1. The van der Waals surface area contributed by atoms with Crippen molar-refractivity contribution in [2.75, 3.05) is 26.3 Å². The molecule has 2 fully saturated rings. The van der Waals surface area contributed by atoms with E-state index in [0.717, 1.165) is 12.8 Å². The van der Waals surface area contributed by atoms with Crippen LogP contribution in [0.15, 0.2) is 30.3 Å². The fourth-order valence-electron chi connectivity index (χ4n) is 3.85. The van der Waals surface area contributed by atoms with E-state index >= 15 is 0 Å². The molecular formula is C19H26BNO4. The number of benzene rings is 1. The van der Waals surface area contributed by atoms with Crippen LogP contribution in [0.2, 0.25) is 0 Å². The van der Waals surface area contributed by atoms with E-state index in [1.165, 1.54) is 19.3 Å². The zero-order valence-corrected chi connectivity index (χ0v) is 14.6. The minimum absolute atomic E-state index is 0.00581. The fraction of sp³-hybridized carbons (Fsp3) is 0.632. The molecule has 0 bridgehead atoms. The summed E-state index contributed by atoms with van der Waals surface area (Å²) < 4.78 is 11.3. The van der Waals surface area contributed by atoms with Crippen LogP contribution in [0.1, 0.15) is 42.5 Å². The number of aliphatic hydroxyl groups excluding tert-OH is 1. The third kappa shape index (κ3) is 4.63. The molecule has 0 spiro atoms. The normalized spacial score (nSPS) is 28.6. The lowest BCUT2D eigenvalue weighted by atomic mass is 9.88. The standard InChI is InChI=1S/C19H26BNO4/c20-17-11-21(16-9-5-2-6-10-16)12-19(13-22,25-17)14-24-18(23)15-7-3-1-4-8-15/h1,3-4,7-8,16-17,22H,2,5-6,9-14H2/t17-,19-/m1/s1. The molecule has 1 saturated heterocycles. The highest BCUT2D eigenvalue weighted by atomic mass is 16.6. The molecule has 1 aliphatic heterocycles. The lowest BCUT2D eigenvalue weighted by Crippen LogP contribution is -2.62. The average Bonchev–Trinajstić information content (AvgIpc) is 2.67. The van der Waals surface area contributed by atoms with Gasteiger partial charge in [-0.05, 0) is 25.0 Å². The molecule has 3 rings (SSSR count). The Balaban J connectivity index is 1.64. The smallest absolute Gasteiger partial charge is 0.338 e. The Morgan fingerprint density at radius 3 is 2.68 bits per heavy atom. The molecule has 1 N–H and O–H groups in total. The summed E-state index contributed by atoms with van der Waals surface area (Å²) in [6, 6.07) is 8.81. The molecular weight excluding hydrogens is 317 g/mol. The quantitative estimate of drug-likeness (QED) is 0.652. The predicted octanol–water partition coefficient (Wildman–Crippen LogP) is 1.73. The highest BCUT2D eigenvalue weighted by molar-refractivity contribution is 6.11. The summed E-state index contributed by atoms with van der Waals surface area (Å²) in [4.78, 5) is 14.5. The molecule has 0 unspecified atom stereocenters. The minimum atomic E-state index is -0.959. The molecule has 2 atom stereocenters. The fourth-order valence-corrected chi connectivity index (χ4v) is 3.85. The topological polar surface area (TPSA) is 59.0 Å². The lowest BCUT2D eigenvalue weighted by Gasteiger charge is -2.48. The minimum Gasteiger partial charge on any atom is -0.459 e. The van der Waals surface area contributed by atoms with E-state index in [2.05, 4.69) is 4.90 Å². The van der Waals surface area contributed by atoms with Crippen LogP contribution in [0.25, 0.3) is 0 Å². The summed E-state index contributed by atoms with van der Waals surface area (Å²) in [5.41, 5.74) is -0.473. The van der Waals surface area contributed by atoms with Gasteiger partial charge in [-0.1, -0.05) is 37.5 Å². The number of morpholine rings is 1. The highest BCUT2D eigenvalue weighted by Crippen LogP contribution is 2.29. The van der Waals surface area contributed by atoms with Crippen molar-refractivity contribution in [1.29, 1.82) is 0 Å². The summed E-state index contributed by atoms with van der Waals surface area (Å²) in [7, 11) is 6.08. The first kappa shape index (κ1) is 18.4. The van der Waals surface area contributed by atoms with Crippen molar-refractivity contribution in [3.63, 3.8) is 0 Å². The first-order valence-corrected chi connectivity index (χ1v) is 9.12. The average molecular weight is 343 g/mol. The Kier molecular flexibility index (Phi) is 6.15. The third-order valence-corrected chi connectivity index (χ3v) is 5.16. The molecule has 0 amide bonds. The largest absolute Gasteiger partial charge is 0.459 e. The molecule has 2 radical (unpaired) electrons. The Labute approximate surface area is 150 Å². The van der Waals surface area contributed by atoms with E-state index in [1.54, 1.807) is 24.3 Å². The molecule has 6 heteroatoms. The zero-order valence-electron chi connectivity index (χ0n) is 14.6. The van der Waals surface area contributed by atoms with Crippen molar-refractivity contribution >= 4 is 13.8 Å². The maximum atomic E-state index is 12.2. The van der Waals surface area contributed by atoms with Gasteiger partial charge >= 0.3 is 5.97 Å². The molecule has 1 aliphatic carbocycles. The van der Waals surface area contributed by atoms with Gasteiger partial charge in [0.1, 0.15) is 20.1 Å². The van der Waals surface area contributed by atoms with Gasteiger partial charge in [-0.15, -0.1) is 0 Å². The van der Waals surface area contributed by atoms with Gasteiger partial charge in [-0.2, -0.15) is 0 Å². The Bertz CT molecular complexity index is 564. The summed E-state index contributed by atoms with van der Waals surface area (Å²) in [6.45, 7) is 0.948. The van der Waals surface area contributed by atoms with Crippen LogP contribution < -0.4 is 0 Å². The molecule has 2 aliphatic rings. The molecule has 1 aromatic rings. The van der Waals surface area contributed by atoms with E-state index in [9.17, 15) is 9.90 Å². The Morgan fingerprint density at radius 1 is 1.28 bits per heavy atom. The number of carbonyl (C=O) groups excluding carboxylic acids is 1. The number of carbonyl (C=O) groups is 1. The second-order valence-electron chi connectivity index (χ2n) is 7.16. The first-order valence-electron chi connectivity index (χ1n) is 9.12.